The van der Waals surface area contributed by atoms with E-state index >= 15 is 0 Å². The number of hydrogen-bond acceptors (Lipinski definition) is 5. The van der Waals surface area contributed by atoms with Crippen molar-refractivity contribution in [2.24, 2.45) is 12.9 Å². The SMILES string of the molecule is Cn1c(=O)[nH]c(=O)c2c1nc(NN)n2Cc1ccc(Cl)c(Cl)c1. The lowest BCUT2D eigenvalue weighted by Crippen LogP contribution is -2.29. The fraction of sp³-hybridized carbons (Fsp3) is 0.154. The maximum Gasteiger partial charge on any atom is 0.329 e. The Morgan fingerprint density at radius 3 is 2.70 bits per heavy atom. The van der Waals surface area contributed by atoms with Crippen LogP contribution in [0.5, 0.6) is 0 Å². The van der Waals surface area contributed by atoms with Crippen LogP contribution in [0.25, 0.3) is 11.2 Å². The van der Waals surface area contributed by atoms with Gasteiger partial charge in [-0.25, -0.2) is 10.6 Å². The van der Waals surface area contributed by atoms with Crippen molar-refractivity contribution in [3.63, 3.8) is 0 Å². The molecule has 0 atom stereocenters. The lowest BCUT2D eigenvalue weighted by atomic mass is 10.2. The number of imidazole rings is 1. The molecule has 0 radical (unpaired) electrons. The van der Waals surface area contributed by atoms with Gasteiger partial charge < -0.3 is 0 Å². The van der Waals surface area contributed by atoms with Crippen molar-refractivity contribution in [2.45, 2.75) is 6.54 Å². The third-order valence-corrected chi connectivity index (χ3v) is 4.20. The molecular weight excluding hydrogens is 343 g/mol. The summed E-state index contributed by atoms with van der Waals surface area (Å²) in [6.07, 6.45) is 0. The molecule has 0 spiro atoms. The molecule has 8 nitrogen and oxygen atoms in total. The quantitative estimate of drug-likeness (QED) is 0.481. The molecule has 120 valence electrons. The molecule has 0 bridgehead atoms. The van der Waals surface area contributed by atoms with Crippen LogP contribution in [0.15, 0.2) is 27.8 Å². The molecular formula is C13H12Cl2N6O2. The zero-order valence-corrected chi connectivity index (χ0v) is 13.4. The van der Waals surface area contributed by atoms with Crippen LogP contribution in [0.2, 0.25) is 10.0 Å². The first-order valence-corrected chi connectivity index (χ1v) is 7.28. The van der Waals surface area contributed by atoms with Crippen LogP contribution in [0, 0.1) is 0 Å². The number of anilines is 1. The van der Waals surface area contributed by atoms with Gasteiger partial charge in [-0.2, -0.15) is 4.98 Å². The van der Waals surface area contributed by atoms with E-state index in [1.54, 1.807) is 22.8 Å². The standard InChI is InChI=1S/C13H12Cl2N6O2/c1-20-10-9(11(22)18-13(20)23)21(12(17-10)19-16)5-6-2-3-7(14)8(15)4-6/h2-4H,5,16H2,1H3,(H,17,19)(H,18,22,23). The van der Waals surface area contributed by atoms with E-state index in [9.17, 15) is 9.59 Å². The monoisotopic (exact) mass is 354 g/mol. The molecule has 0 saturated carbocycles. The van der Waals surface area contributed by atoms with Crippen LogP contribution in [-0.4, -0.2) is 19.1 Å². The van der Waals surface area contributed by atoms with Gasteiger partial charge in [0.25, 0.3) is 5.56 Å². The number of nitrogens with one attached hydrogen (secondary N) is 2. The molecule has 0 aliphatic carbocycles. The number of benzene rings is 1. The van der Waals surface area contributed by atoms with Gasteiger partial charge in [-0.1, -0.05) is 29.3 Å². The average Bonchev–Trinajstić information content (AvgIpc) is 2.88. The van der Waals surface area contributed by atoms with E-state index in [-0.39, 0.29) is 23.7 Å². The van der Waals surface area contributed by atoms with Crippen molar-refractivity contribution >= 4 is 40.3 Å². The maximum atomic E-state index is 12.2. The highest BCUT2D eigenvalue weighted by atomic mass is 35.5. The molecule has 0 unspecified atom stereocenters. The van der Waals surface area contributed by atoms with Crippen molar-refractivity contribution in [3.8, 4) is 0 Å². The fourth-order valence-electron chi connectivity index (χ4n) is 2.32. The first-order valence-electron chi connectivity index (χ1n) is 6.52. The molecule has 2 heterocycles. The van der Waals surface area contributed by atoms with E-state index in [2.05, 4.69) is 15.4 Å². The number of aromatic amines is 1. The van der Waals surface area contributed by atoms with Crippen LogP contribution in [0.3, 0.4) is 0 Å². The number of halogens is 2. The van der Waals surface area contributed by atoms with Gasteiger partial charge in [-0.15, -0.1) is 0 Å². The lowest BCUT2D eigenvalue weighted by molar-refractivity contribution is 0.808. The molecule has 0 aliphatic rings. The Morgan fingerprint density at radius 2 is 2.04 bits per heavy atom. The Hall–Kier alpha value is -2.29. The highest BCUT2D eigenvalue weighted by Crippen LogP contribution is 2.24. The van der Waals surface area contributed by atoms with Crippen molar-refractivity contribution < 1.29 is 0 Å². The summed E-state index contributed by atoms with van der Waals surface area (Å²) in [5.41, 5.74) is 2.59. The van der Waals surface area contributed by atoms with E-state index in [0.29, 0.717) is 10.0 Å². The molecule has 4 N–H and O–H groups in total. The molecule has 3 aromatic rings. The van der Waals surface area contributed by atoms with Gasteiger partial charge in [0.2, 0.25) is 5.95 Å². The second-order valence-corrected chi connectivity index (χ2v) is 5.72. The first-order chi connectivity index (χ1) is 10.9. The van der Waals surface area contributed by atoms with Crippen molar-refractivity contribution in [2.75, 3.05) is 5.43 Å². The third kappa shape index (κ3) is 2.61. The number of rotatable bonds is 3. The Bertz CT molecular complexity index is 1020. The predicted octanol–water partition coefficient (Wildman–Crippen LogP) is 1.06. The zero-order chi connectivity index (χ0) is 16.7. The highest BCUT2D eigenvalue weighted by Gasteiger charge is 2.17. The van der Waals surface area contributed by atoms with Crippen LogP contribution in [0.4, 0.5) is 5.95 Å². The van der Waals surface area contributed by atoms with Gasteiger partial charge in [0.05, 0.1) is 16.6 Å². The number of hydrogen-bond donors (Lipinski definition) is 3. The molecule has 3 rings (SSSR count). The summed E-state index contributed by atoms with van der Waals surface area (Å²) < 4.78 is 2.80. The van der Waals surface area contributed by atoms with E-state index in [1.807, 2.05) is 0 Å². The van der Waals surface area contributed by atoms with Crippen molar-refractivity contribution in [3.05, 3.63) is 54.6 Å². The molecule has 1 aromatic carbocycles. The number of fused-ring (bicyclic) bond motifs is 1. The van der Waals surface area contributed by atoms with Gasteiger partial charge in [0.1, 0.15) is 0 Å². The molecule has 23 heavy (non-hydrogen) atoms. The second-order valence-electron chi connectivity index (χ2n) is 4.90. The number of aryl methyl sites for hydroxylation is 1. The maximum absolute atomic E-state index is 12.2. The summed E-state index contributed by atoms with van der Waals surface area (Å²) in [4.78, 5) is 30.3. The Morgan fingerprint density at radius 1 is 1.30 bits per heavy atom. The Labute approximate surface area is 139 Å². The summed E-state index contributed by atoms with van der Waals surface area (Å²) in [5.74, 6) is 5.73. The van der Waals surface area contributed by atoms with Gasteiger partial charge in [0, 0.05) is 7.05 Å². The Kier molecular flexibility index (Phi) is 3.88. The van der Waals surface area contributed by atoms with Gasteiger partial charge in [0.15, 0.2) is 11.2 Å². The number of nitrogens with zero attached hydrogens (tertiary/aromatic N) is 3. The summed E-state index contributed by atoms with van der Waals surface area (Å²) >= 11 is 11.9. The van der Waals surface area contributed by atoms with Crippen LogP contribution < -0.4 is 22.5 Å². The summed E-state index contributed by atoms with van der Waals surface area (Å²) in [5, 5.41) is 0.834. The highest BCUT2D eigenvalue weighted by molar-refractivity contribution is 6.42. The minimum absolute atomic E-state index is 0.228. The fourth-order valence-corrected chi connectivity index (χ4v) is 2.64. The number of nitrogen functional groups attached to an aromatic ring is 1. The minimum atomic E-state index is -0.551. The Balaban J connectivity index is 2.23. The van der Waals surface area contributed by atoms with E-state index < -0.39 is 11.2 Å². The van der Waals surface area contributed by atoms with Crippen LogP contribution in [-0.2, 0) is 13.6 Å². The minimum Gasteiger partial charge on any atom is -0.299 e. The van der Waals surface area contributed by atoms with Gasteiger partial charge in [-0.05, 0) is 17.7 Å². The molecule has 0 fully saturated rings. The van der Waals surface area contributed by atoms with Crippen LogP contribution in [0.1, 0.15) is 5.56 Å². The number of aromatic nitrogens is 4. The van der Waals surface area contributed by atoms with Gasteiger partial charge in [-0.3, -0.25) is 24.3 Å². The summed E-state index contributed by atoms with van der Waals surface area (Å²) in [6.45, 7) is 0.272. The second kappa shape index (κ2) is 5.73. The van der Waals surface area contributed by atoms with Crippen molar-refractivity contribution in [1.82, 2.24) is 19.1 Å². The number of H-pyrrole nitrogens is 1. The number of nitrogens with two attached hydrogens (primary N) is 1. The van der Waals surface area contributed by atoms with E-state index in [0.717, 1.165) is 5.56 Å². The first kappa shape index (κ1) is 15.6. The molecule has 0 saturated heterocycles. The van der Waals surface area contributed by atoms with E-state index in [1.165, 1.54) is 11.6 Å². The number of hydrazine groups is 1. The largest absolute Gasteiger partial charge is 0.329 e. The predicted molar refractivity (Wildman–Crippen MR) is 89.0 cm³/mol. The average molecular weight is 355 g/mol. The molecule has 2 aromatic heterocycles. The van der Waals surface area contributed by atoms with E-state index in [4.69, 9.17) is 29.0 Å². The smallest absolute Gasteiger partial charge is 0.299 e. The third-order valence-electron chi connectivity index (χ3n) is 3.46. The molecule has 10 heteroatoms. The molecule has 0 aliphatic heterocycles. The zero-order valence-electron chi connectivity index (χ0n) is 11.9. The van der Waals surface area contributed by atoms with Crippen molar-refractivity contribution in [1.29, 1.82) is 0 Å². The van der Waals surface area contributed by atoms with Gasteiger partial charge >= 0.3 is 5.69 Å². The lowest BCUT2D eigenvalue weighted by Gasteiger charge is -2.09. The summed E-state index contributed by atoms with van der Waals surface area (Å²) in [6, 6.07) is 5.12. The topological polar surface area (TPSA) is 111 Å². The summed E-state index contributed by atoms with van der Waals surface area (Å²) in [7, 11) is 1.51. The molecule has 0 amide bonds. The van der Waals surface area contributed by atoms with Crippen LogP contribution >= 0.6 is 23.2 Å². The normalized spacial score (nSPS) is 11.1.